The van der Waals surface area contributed by atoms with E-state index in [0.29, 0.717) is 12.0 Å². The molecule has 0 radical (unpaired) electrons. The van der Waals surface area contributed by atoms with Crippen molar-refractivity contribution in [2.45, 2.75) is 39.7 Å². The van der Waals surface area contributed by atoms with Gasteiger partial charge in [0.05, 0.1) is 0 Å². The van der Waals surface area contributed by atoms with Crippen LogP contribution in [0.5, 0.6) is 0 Å². The first-order chi connectivity index (χ1) is 8.02. The minimum atomic E-state index is -0.157. The molecule has 2 unspecified atom stereocenters. The Morgan fingerprint density at radius 1 is 1.35 bits per heavy atom. The van der Waals surface area contributed by atoms with Gasteiger partial charge in [0, 0.05) is 10.5 Å². The second-order valence-corrected chi connectivity index (χ2v) is 5.59. The van der Waals surface area contributed by atoms with Crippen LogP contribution in [0.2, 0.25) is 0 Å². The molecule has 1 N–H and O–H groups in total. The van der Waals surface area contributed by atoms with Crippen molar-refractivity contribution in [2.75, 3.05) is 6.54 Å². The molecule has 1 aromatic carbocycles. The lowest BCUT2D eigenvalue weighted by Crippen LogP contribution is -2.27. The first kappa shape index (κ1) is 14.7. The van der Waals surface area contributed by atoms with Gasteiger partial charge in [0.25, 0.3) is 0 Å². The average molecular weight is 302 g/mol. The van der Waals surface area contributed by atoms with Gasteiger partial charge >= 0.3 is 0 Å². The lowest BCUT2D eigenvalue weighted by Gasteiger charge is -2.18. The van der Waals surface area contributed by atoms with Gasteiger partial charge in [-0.1, -0.05) is 29.8 Å². The second-order valence-electron chi connectivity index (χ2n) is 4.74. The third-order valence-electron chi connectivity index (χ3n) is 2.88. The number of nitrogens with one attached hydrogen (secondary N) is 1. The van der Waals surface area contributed by atoms with Gasteiger partial charge in [0.1, 0.15) is 5.82 Å². The topological polar surface area (TPSA) is 12.0 Å². The fourth-order valence-electron chi connectivity index (χ4n) is 2.19. The Balaban J connectivity index is 2.55. The van der Waals surface area contributed by atoms with Crippen LogP contribution < -0.4 is 5.32 Å². The maximum Gasteiger partial charge on any atom is 0.123 e. The van der Waals surface area contributed by atoms with Gasteiger partial charge in [-0.2, -0.15) is 0 Å². The van der Waals surface area contributed by atoms with Gasteiger partial charge in [0.15, 0.2) is 0 Å². The molecule has 0 spiro atoms. The maximum atomic E-state index is 13.1. The minimum absolute atomic E-state index is 0.157. The third-order valence-corrected chi connectivity index (χ3v) is 3.66. The van der Waals surface area contributed by atoms with E-state index in [1.807, 2.05) is 0 Å². The van der Waals surface area contributed by atoms with E-state index < -0.39 is 0 Å². The highest BCUT2D eigenvalue weighted by atomic mass is 79.9. The summed E-state index contributed by atoms with van der Waals surface area (Å²) in [6, 6.07) is 5.41. The Kier molecular flexibility index (Phi) is 6.14. The molecule has 0 bridgehead atoms. The quantitative estimate of drug-likeness (QED) is 0.832. The Bertz CT molecular complexity index is 354. The smallest absolute Gasteiger partial charge is 0.123 e. The summed E-state index contributed by atoms with van der Waals surface area (Å²) in [4.78, 5) is 0. The molecule has 17 heavy (non-hydrogen) atoms. The van der Waals surface area contributed by atoms with Crippen molar-refractivity contribution < 1.29 is 4.39 Å². The molecule has 0 saturated carbocycles. The largest absolute Gasteiger partial charge is 0.315 e. The van der Waals surface area contributed by atoms with Crippen LogP contribution in [0.25, 0.3) is 0 Å². The molecule has 2 atom stereocenters. The zero-order valence-electron chi connectivity index (χ0n) is 10.8. The molecule has 0 saturated heterocycles. The summed E-state index contributed by atoms with van der Waals surface area (Å²) in [5.74, 6) is 0.386. The van der Waals surface area contributed by atoms with E-state index in [0.717, 1.165) is 29.4 Å². The van der Waals surface area contributed by atoms with E-state index in [4.69, 9.17) is 0 Å². The predicted molar refractivity (Wildman–Crippen MR) is 74.7 cm³/mol. The molecular weight excluding hydrogens is 281 g/mol. The highest BCUT2D eigenvalue weighted by Crippen LogP contribution is 2.22. The Morgan fingerprint density at radius 3 is 2.71 bits per heavy atom. The van der Waals surface area contributed by atoms with E-state index in [-0.39, 0.29) is 5.82 Å². The van der Waals surface area contributed by atoms with Crippen molar-refractivity contribution in [3.05, 3.63) is 34.1 Å². The van der Waals surface area contributed by atoms with E-state index in [2.05, 4.69) is 42.0 Å². The number of benzene rings is 1. The van der Waals surface area contributed by atoms with Crippen molar-refractivity contribution in [1.29, 1.82) is 0 Å². The SMILES string of the molecule is CCNC(C)CC(C)Cc1cc(F)ccc1Br. The minimum Gasteiger partial charge on any atom is -0.315 e. The van der Waals surface area contributed by atoms with Gasteiger partial charge in [0.2, 0.25) is 0 Å². The van der Waals surface area contributed by atoms with Crippen LogP contribution in [-0.4, -0.2) is 12.6 Å². The maximum absolute atomic E-state index is 13.1. The molecule has 3 heteroatoms. The summed E-state index contributed by atoms with van der Waals surface area (Å²) in [6.45, 7) is 7.52. The van der Waals surface area contributed by atoms with Crippen LogP contribution in [0.15, 0.2) is 22.7 Å². The van der Waals surface area contributed by atoms with Crippen molar-refractivity contribution in [3.63, 3.8) is 0 Å². The van der Waals surface area contributed by atoms with Gasteiger partial charge in [-0.3, -0.25) is 0 Å². The van der Waals surface area contributed by atoms with Crippen LogP contribution in [0.3, 0.4) is 0 Å². The molecule has 0 amide bonds. The first-order valence-corrected chi connectivity index (χ1v) is 6.99. The Hall–Kier alpha value is -0.410. The van der Waals surface area contributed by atoms with Crippen LogP contribution in [0.1, 0.15) is 32.8 Å². The number of hydrogen-bond acceptors (Lipinski definition) is 1. The van der Waals surface area contributed by atoms with Crippen LogP contribution in [0.4, 0.5) is 4.39 Å². The summed E-state index contributed by atoms with van der Waals surface area (Å²) in [5, 5.41) is 3.40. The number of hydrogen-bond donors (Lipinski definition) is 1. The van der Waals surface area contributed by atoms with E-state index in [1.54, 1.807) is 12.1 Å². The molecule has 96 valence electrons. The zero-order valence-corrected chi connectivity index (χ0v) is 12.3. The van der Waals surface area contributed by atoms with Gasteiger partial charge in [-0.15, -0.1) is 0 Å². The Labute approximate surface area is 112 Å². The highest BCUT2D eigenvalue weighted by molar-refractivity contribution is 9.10. The van der Waals surface area contributed by atoms with Crippen molar-refractivity contribution in [1.82, 2.24) is 5.32 Å². The van der Waals surface area contributed by atoms with Crippen LogP contribution in [-0.2, 0) is 6.42 Å². The number of halogens is 2. The molecule has 0 aromatic heterocycles. The van der Waals surface area contributed by atoms with Crippen molar-refractivity contribution in [2.24, 2.45) is 5.92 Å². The molecule has 0 aliphatic carbocycles. The molecule has 0 aliphatic rings. The normalized spacial score (nSPS) is 14.6. The fourth-order valence-corrected chi connectivity index (χ4v) is 2.60. The van der Waals surface area contributed by atoms with Gasteiger partial charge in [-0.25, -0.2) is 4.39 Å². The van der Waals surface area contributed by atoms with Gasteiger partial charge < -0.3 is 5.32 Å². The summed E-state index contributed by atoms with van der Waals surface area (Å²) < 4.78 is 14.1. The Morgan fingerprint density at radius 2 is 2.06 bits per heavy atom. The van der Waals surface area contributed by atoms with Gasteiger partial charge in [-0.05, 0) is 56.0 Å². The molecule has 1 nitrogen and oxygen atoms in total. The highest BCUT2D eigenvalue weighted by Gasteiger charge is 2.11. The zero-order chi connectivity index (χ0) is 12.8. The average Bonchev–Trinajstić information content (AvgIpc) is 2.23. The van der Waals surface area contributed by atoms with Crippen LogP contribution in [0, 0.1) is 11.7 Å². The summed E-state index contributed by atoms with van der Waals surface area (Å²) in [7, 11) is 0. The summed E-state index contributed by atoms with van der Waals surface area (Å²) in [6.07, 6.45) is 2.02. The lowest BCUT2D eigenvalue weighted by molar-refractivity contribution is 0.425. The van der Waals surface area contributed by atoms with Crippen molar-refractivity contribution >= 4 is 15.9 Å². The monoisotopic (exact) mass is 301 g/mol. The fraction of sp³-hybridized carbons (Fsp3) is 0.571. The number of rotatable bonds is 6. The van der Waals surface area contributed by atoms with Crippen molar-refractivity contribution in [3.8, 4) is 0 Å². The molecule has 1 rings (SSSR count). The molecule has 0 aliphatic heterocycles. The standard InChI is InChI=1S/C14H21BrFN/c1-4-17-11(3)7-10(2)8-12-9-13(16)5-6-14(12)15/h5-6,9-11,17H,4,7-8H2,1-3H3. The summed E-state index contributed by atoms with van der Waals surface area (Å²) in [5.41, 5.74) is 1.06. The second kappa shape index (κ2) is 7.12. The molecule has 0 heterocycles. The predicted octanol–water partition coefficient (Wildman–Crippen LogP) is 4.15. The lowest BCUT2D eigenvalue weighted by atomic mass is 9.95. The van der Waals surface area contributed by atoms with Crippen LogP contribution >= 0.6 is 15.9 Å². The molecule has 0 fully saturated rings. The van der Waals surface area contributed by atoms with E-state index >= 15 is 0 Å². The van der Waals surface area contributed by atoms with E-state index in [1.165, 1.54) is 6.07 Å². The summed E-state index contributed by atoms with van der Waals surface area (Å²) >= 11 is 3.47. The van der Waals surface area contributed by atoms with E-state index in [9.17, 15) is 4.39 Å². The molecule has 1 aromatic rings. The first-order valence-electron chi connectivity index (χ1n) is 6.20. The molecular formula is C14H21BrFN. The third kappa shape index (κ3) is 5.17.